The minimum Gasteiger partial charge on any atom is -0.486 e. The summed E-state index contributed by atoms with van der Waals surface area (Å²) in [4.78, 5) is 23.6. The van der Waals surface area contributed by atoms with Crippen LogP contribution >= 0.6 is 11.6 Å². The normalized spacial score (nSPS) is 11.9. The number of halogens is 7. The van der Waals surface area contributed by atoms with E-state index in [0.29, 0.717) is 6.07 Å². The van der Waals surface area contributed by atoms with Crippen LogP contribution in [0.1, 0.15) is 24.5 Å². The molecule has 16 heteroatoms. The van der Waals surface area contributed by atoms with Gasteiger partial charge in [0, 0.05) is 12.3 Å². The highest BCUT2D eigenvalue weighted by Gasteiger charge is 2.44. The third-order valence-corrected chi connectivity index (χ3v) is 4.07. The van der Waals surface area contributed by atoms with Gasteiger partial charge in [-0.3, -0.25) is 20.2 Å². The molecule has 0 saturated carbocycles. The van der Waals surface area contributed by atoms with Crippen molar-refractivity contribution in [2.24, 2.45) is 0 Å². The fraction of sp³-hybridized carbons (Fsp3) is 0.312. The maximum absolute atomic E-state index is 13.5. The monoisotopic (exact) mass is 488 g/mol. The number of pyridine rings is 1. The molecule has 1 N–H and O–H groups in total. The number of rotatable bonds is 7. The van der Waals surface area contributed by atoms with E-state index < -0.39 is 73.6 Å². The Morgan fingerprint density at radius 1 is 1.09 bits per heavy atom. The smallest absolute Gasteiger partial charge is 0.420 e. The fourth-order valence-corrected chi connectivity index (χ4v) is 2.66. The molecule has 0 saturated heterocycles. The van der Waals surface area contributed by atoms with Crippen molar-refractivity contribution in [2.45, 2.75) is 25.7 Å². The maximum Gasteiger partial charge on any atom is 0.420 e. The van der Waals surface area contributed by atoms with Crippen molar-refractivity contribution < 1.29 is 40.9 Å². The lowest BCUT2D eigenvalue weighted by Gasteiger charge is -2.17. The lowest BCUT2D eigenvalue weighted by Crippen LogP contribution is -2.14. The molecule has 0 spiro atoms. The number of hydrogen-bond donors (Lipinski definition) is 1. The molecule has 0 atom stereocenters. The van der Waals surface area contributed by atoms with E-state index in [-0.39, 0.29) is 18.7 Å². The van der Waals surface area contributed by atoms with E-state index in [1.54, 1.807) is 0 Å². The topological polar surface area (TPSA) is 120 Å². The molecule has 0 amide bonds. The van der Waals surface area contributed by atoms with Crippen LogP contribution in [0.4, 0.5) is 49.2 Å². The average molecular weight is 489 g/mol. The standard InChI is InChI=1S/C16H11ClF6N4O5/c1-2-3-32-13-8(16(21,22)23)5-10(26(28)29)11(12(13)27(30)31)25-14-9(17)4-7(6-24-14)15(18,19)20/h4-6H,2-3H2,1H3,(H,24,25). The first-order valence-electron chi connectivity index (χ1n) is 8.38. The van der Waals surface area contributed by atoms with Crippen LogP contribution in [0.25, 0.3) is 0 Å². The van der Waals surface area contributed by atoms with E-state index in [1.807, 2.05) is 5.32 Å². The third-order valence-electron chi connectivity index (χ3n) is 3.78. The molecule has 1 aromatic carbocycles. The van der Waals surface area contributed by atoms with Gasteiger partial charge in [-0.25, -0.2) is 4.98 Å². The summed E-state index contributed by atoms with van der Waals surface area (Å²) >= 11 is 5.70. The lowest BCUT2D eigenvalue weighted by molar-refractivity contribution is -0.393. The van der Waals surface area contributed by atoms with Crippen molar-refractivity contribution >= 4 is 34.5 Å². The highest BCUT2D eigenvalue weighted by atomic mass is 35.5. The van der Waals surface area contributed by atoms with Crippen molar-refractivity contribution in [3.05, 3.63) is 54.7 Å². The number of aromatic nitrogens is 1. The van der Waals surface area contributed by atoms with E-state index in [9.17, 15) is 46.6 Å². The van der Waals surface area contributed by atoms with Gasteiger partial charge in [0.25, 0.3) is 0 Å². The van der Waals surface area contributed by atoms with Crippen LogP contribution in [0.3, 0.4) is 0 Å². The molecule has 0 bridgehead atoms. The highest BCUT2D eigenvalue weighted by Crippen LogP contribution is 2.50. The first kappa shape index (κ1) is 24.9. The molecule has 0 fully saturated rings. The molecule has 0 radical (unpaired) electrons. The first-order valence-corrected chi connectivity index (χ1v) is 8.75. The summed E-state index contributed by atoms with van der Waals surface area (Å²) < 4.78 is 83.6. The maximum atomic E-state index is 13.5. The number of alkyl halides is 6. The predicted octanol–water partition coefficient (Wildman–Crippen LogP) is 6.12. The minimum atomic E-state index is -5.26. The molecule has 1 aromatic heterocycles. The van der Waals surface area contributed by atoms with Crippen LogP contribution in [0, 0.1) is 20.2 Å². The van der Waals surface area contributed by atoms with E-state index in [0.717, 1.165) is 0 Å². The number of anilines is 2. The summed E-state index contributed by atoms with van der Waals surface area (Å²) in [6, 6.07) is 0.394. The molecule has 0 aliphatic heterocycles. The SMILES string of the molecule is CCCOc1c(C(F)(F)F)cc([N+](=O)[O-])c(Nc2ncc(C(F)(F)F)cc2Cl)c1[N+](=O)[O-]. The number of nitrogens with zero attached hydrogens (tertiary/aromatic N) is 3. The molecule has 0 unspecified atom stereocenters. The van der Waals surface area contributed by atoms with Crippen LogP contribution in [-0.2, 0) is 12.4 Å². The van der Waals surface area contributed by atoms with Gasteiger partial charge in [-0.1, -0.05) is 18.5 Å². The van der Waals surface area contributed by atoms with Gasteiger partial charge < -0.3 is 10.1 Å². The van der Waals surface area contributed by atoms with E-state index in [1.165, 1.54) is 6.92 Å². The quantitative estimate of drug-likeness (QED) is 0.283. The zero-order valence-electron chi connectivity index (χ0n) is 15.7. The second-order valence-corrected chi connectivity index (χ2v) is 6.44. The number of nitrogens with one attached hydrogen (secondary N) is 1. The largest absolute Gasteiger partial charge is 0.486 e. The summed E-state index contributed by atoms with van der Waals surface area (Å²) in [7, 11) is 0. The number of benzene rings is 1. The van der Waals surface area contributed by atoms with Gasteiger partial charge in [0.05, 0.1) is 27.0 Å². The second-order valence-electron chi connectivity index (χ2n) is 6.03. The molecule has 9 nitrogen and oxygen atoms in total. The van der Waals surface area contributed by atoms with Crippen LogP contribution in [0.5, 0.6) is 5.75 Å². The summed E-state index contributed by atoms with van der Waals surface area (Å²) in [6.07, 6.45) is -9.69. The van der Waals surface area contributed by atoms with Gasteiger partial charge in [-0.05, 0) is 12.5 Å². The summed E-state index contributed by atoms with van der Waals surface area (Å²) in [5.41, 5.74) is -7.03. The van der Waals surface area contributed by atoms with Crippen molar-refractivity contribution in [1.29, 1.82) is 0 Å². The Morgan fingerprint density at radius 2 is 1.72 bits per heavy atom. The first-order chi connectivity index (χ1) is 14.7. The van der Waals surface area contributed by atoms with Crippen LogP contribution < -0.4 is 10.1 Å². The Balaban J connectivity index is 2.81. The van der Waals surface area contributed by atoms with Crippen molar-refractivity contribution in [3.63, 3.8) is 0 Å². The molecule has 174 valence electrons. The van der Waals surface area contributed by atoms with Gasteiger partial charge >= 0.3 is 23.7 Å². The van der Waals surface area contributed by atoms with E-state index in [2.05, 4.69) is 4.98 Å². The van der Waals surface area contributed by atoms with Crippen LogP contribution in [-0.4, -0.2) is 21.4 Å². The molecule has 0 aliphatic rings. The minimum absolute atomic E-state index is 0.0122. The molecule has 1 heterocycles. The zero-order chi connectivity index (χ0) is 24.4. The number of nitro groups is 2. The van der Waals surface area contributed by atoms with E-state index in [4.69, 9.17) is 16.3 Å². The number of nitro benzene ring substituents is 2. The summed E-state index contributed by atoms with van der Waals surface area (Å²) in [5, 5.41) is 24.3. The van der Waals surface area contributed by atoms with Crippen molar-refractivity contribution in [3.8, 4) is 5.75 Å². The summed E-state index contributed by atoms with van der Waals surface area (Å²) in [6.45, 7) is 1.09. The molecule has 2 aromatic rings. The van der Waals surface area contributed by atoms with Crippen LogP contribution in [0.15, 0.2) is 18.3 Å². The Bertz CT molecular complexity index is 1060. The Hall–Kier alpha value is -3.36. The lowest BCUT2D eigenvalue weighted by atomic mass is 10.1. The number of ether oxygens (including phenoxy) is 1. The Morgan fingerprint density at radius 3 is 2.16 bits per heavy atom. The number of hydrogen-bond acceptors (Lipinski definition) is 7. The van der Waals surface area contributed by atoms with Crippen molar-refractivity contribution in [2.75, 3.05) is 11.9 Å². The fourth-order valence-electron chi connectivity index (χ4n) is 2.44. The zero-order valence-corrected chi connectivity index (χ0v) is 16.4. The molecular weight excluding hydrogens is 478 g/mol. The molecule has 32 heavy (non-hydrogen) atoms. The average Bonchev–Trinajstić information content (AvgIpc) is 2.65. The van der Waals surface area contributed by atoms with Crippen molar-refractivity contribution in [1.82, 2.24) is 4.98 Å². The van der Waals surface area contributed by atoms with Gasteiger partial charge in [-0.15, -0.1) is 0 Å². The molecule has 0 aliphatic carbocycles. The molecular formula is C16H11ClF6N4O5. The highest BCUT2D eigenvalue weighted by molar-refractivity contribution is 6.33. The molecule has 2 rings (SSSR count). The van der Waals surface area contributed by atoms with Gasteiger partial charge in [0.15, 0.2) is 0 Å². The second kappa shape index (κ2) is 9.02. The van der Waals surface area contributed by atoms with E-state index >= 15 is 0 Å². The Kier molecular flexibility index (Phi) is 7.02. The van der Waals surface area contributed by atoms with Gasteiger partial charge in [-0.2, -0.15) is 26.3 Å². The van der Waals surface area contributed by atoms with Crippen LogP contribution in [0.2, 0.25) is 5.02 Å². The predicted molar refractivity (Wildman–Crippen MR) is 98.1 cm³/mol. The van der Waals surface area contributed by atoms with Gasteiger partial charge in [0.2, 0.25) is 11.4 Å². The Labute approximate surface area is 179 Å². The summed E-state index contributed by atoms with van der Waals surface area (Å²) in [5.74, 6) is -2.01. The van der Waals surface area contributed by atoms with Gasteiger partial charge in [0.1, 0.15) is 11.4 Å². The third kappa shape index (κ3) is 5.27.